The van der Waals surface area contributed by atoms with Gasteiger partial charge in [0.25, 0.3) is 5.91 Å². The maximum absolute atomic E-state index is 11.8. The van der Waals surface area contributed by atoms with E-state index < -0.39 is 11.6 Å². The summed E-state index contributed by atoms with van der Waals surface area (Å²) in [5.41, 5.74) is 0.836. The number of carbonyl (C=O) groups excluding carboxylic acids is 1. The lowest BCUT2D eigenvalue weighted by atomic mass is 10.0. The van der Waals surface area contributed by atoms with Crippen molar-refractivity contribution < 1.29 is 9.90 Å². The fourth-order valence-corrected chi connectivity index (χ4v) is 2.60. The first kappa shape index (κ1) is 19.1. The van der Waals surface area contributed by atoms with Crippen molar-refractivity contribution in [2.45, 2.75) is 32.4 Å². The number of allylic oxidation sites excluding steroid dienone is 1. The molecular formula is C16H22ClN3O3. The van der Waals surface area contributed by atoms with Crippen molar-refractivity contribution in [3.8, 4) is 0 Å². The molecule has 6 nitrogen and oxygen atoms in total. The highest BCUT2D eigenvalue weighted by molar-refractivity contribution is 5.93. The second kappa shape index (κ2) is 9.27. The van der Waals surface area contributed by atoms with E-state index in [2.05, 4.69) is 27.5 Å². The molecule has 0 spiro atoms. The van der Waals surface area contributed by atoms with Crippen molar-refractivity contribution in [3.05, 3.63) is 52.3 Å². The summed E-state index contributed by atoms with van der Waals surface area (Å²) in [6, 6.07) is 10.3. The fourth-order valence-electron chi connectivity index (χ4n) is 2.60. The third kappa shape index (κ3) is 5.65. The molecule has 2 rings (SSSR count). The van der Waals surface area contributed by atoms with Crippen molar-refractivity contribution in [2.24, 2.45) is 5.18 Å². The van der Waals surface area contributed by atoms with E-state index in [1.54, 1.807) is 0 Å². The Morgan fingerprint density at radius 1 is 1.30 bits per heavy atom. The van der Waals surface area contributed by atoms with Gasteiger partial charge in [-0.15, -0.1) is 17.3 Å². The molecular weight excluding hydrogens is 318 g/mol. The molecule has 23 heavy (non-hydrogen) atoms. The zero-order valence-corrected chi connectivity index (χ0v) is 13.9. The predicted octanol–water partition coefficient (Wildman–Crippen LogP) is 2.74. The van der Waals surface area contributed by atoms with Crippen LogP contribution >= 0.6 is 12.4 Å². The lowest BCUT2D eigenvalue weighted by Crippen LogP contribution is -2.44. The zero-order chi connectivity index (χ0) is 15.9. The molecule has 0 radical (unpaired) electrons. The molecule has 0 bridgehead atoms. The quantitative estimate of drug-likeness (QED) is 0.491. The Bertz CT molecular complexity index is 551. The Balaban J connectivity index is 0.00000264. The number of aliphatic hydroxyl groups excluding tert-OH is 1. The van der Waals surface area contributed by atoms with E-state index in [0.29, 0.717) is 0 Å². The van der Waals surface area contributed by atoms with Crippen LogP contribution in [0.5, 0.6) is 0 Å². The highest BCUT2D eigenvalue weighted by Gasteiger charge is 2.23. The molecule has 0 atom stereocenters. The molecule has 1 amide bonds. The number of hydrogen-bond donors (Lipinski definition) is 2. The molecule has 1 fully saturated rings. The smallest absolute Gasteiger partial charge is 0.277 e. The molecule has 2 N–H and O–H groups in total. The topological polar surface area (TPSA) is 82.0 Å². The number of nitrogens with zero attached hydrogens (tertiary/aromatic N) is 2. The maximum atomic E-state index is 11.8. The Kier molecular flexibility index (Phi) is 7.71. The van der Waals surface area contributed by atoms with Gasteiger partial charge >= 0.3 is 0 Å². The second-order valence-electron chi connectivity index (χ2n) is 5.53. The Labute approximate surface area is 141 Å². The van der Waals surface area contributed by atoms with Crippen LogP contribution < -0.4 is 5.32 Å². The monoisotopic (exact) mass is 339 g/mol. The van der Waals surface area contributed by atoms with Gasteiger partial charge in [0.2, 0.25) is 5.70 Å². The normalized spacial score (nSPS) is 16.9. The van der Waals surface area contributed by atoms with Crippen molar-refractivity contribution in [1.82, 2.24) is 10.2 Å². The molecule has 1 heterocycles. The highest BCUT2D eigenvalue weighted by Crippen LogP contribution is 2.14. The summed E-state index contributed by atoms with van der Waals surface area (Å²) in [4.78, 5) is 24.7. The first-order valence-electron chi connectivity index (χ1n) is 7.40. The number of halogens is 1. The summed E-state index contributed by atoms with van der Waals surface area (Å²) in [6.07, 6.45) is 1.63. The zero-order valence-electron chi connectivity index (χ0n) is 13.1. The van der Waals surface area contributed by atoms with Crippen molar-refractivity contribution in [3.63, 3.8) is 0 Å². The average Bonchev–Trinajstić information content (AvgIpc) is 2.50. The minimum atomic E-state index is -0.600. The molecule has 1 aliphatic heterocycles. The summed E-state index contributed by atoms with van der Waals surface area (Å²) in [7, 11) is 0. The van der Waals surface area contributed by atoms with Crippen molar-refractivity contribution in [2.75, 3.05) is 13.1 Å². The van der Waals surface area contributed by atoms with Crippen LogP contribution in [0.15, 0.2) is 47.0 Å². The van der Waals surface area contributed by atoms with E-state index in [1.165, 1.54) is 12.5 Å². The minimum absolute atomic E-state index is 0. The number of carbonyl (C=O) groups is 1. The van der Waals surface area contributed by atoms with Crippen LogP contribution in [0.1, 0.15) is 25.3 Å². The van der Waals surface area contributed by atoms with Gasteiger partial charge in [-0.2, -0.15) is 0 Å². The first-order valence-corrected chi connectivity index (χ1v) is 7.40. The number of amides is 1. The van der Waals surface area contributed by atoms with Gasteiger partial charge in [0, 0.05) is 25.7 Å². The van der Waals surface area contributed by atoms with E-state index in [0.717, 1.165) is 32.5 Å². The molecule has 1 aromatic carbocycles. The minimum Gasteiger partial charge on any atom is -0.510 e. The SMILES string of the molecule is C/C(O)=C(\N=O)C(=O)NC1CCN(Cc2ccccc2)CC1.Cl. The van der Waals surface area contributed by atoms with Crippen LogP contribution in [0.25, 0.3) is 0 Å². The van der Waals surface area contributed by atoms with Gasteiger partial charge in [0.05, 0.1) is 0 Å². The van der Waals surface area contributed by atoms with Gasteiger partial charge in [-0.1, -0.05) is 30.3 Å². The van der Waals surface area contributed by atoms with E-state index in [-0.39, 0.29) is 24.2 Å². The predicted molar refractivity (Wildman–Crippen MR) is 91.3 cm³/mol. The summed E-state index contributed by atoms with van der Waals surface area (Å²) in [6.45, 7) is 3.94. The number of likely N-dealkylation sites (tertiary alicyclic amines) is 1. The van der Waals surface area contributed by atoms with Crippen LogP contribution in [-0.2, 0) is 11.3 Å². The standard InChI is InChI=1S/C16H21N3O3.ClH/c1-12(20)15(18-22)16(21)17-14-7-9-19(10-8-14)11-13-5-3-2-4-6-13;/h2-6,14,20H,7-11H2,1H3,(H,17,21);1H/b15-12+;. The van der Waals surface area contributed by atoms with Crippen molar-refractivity contribution in [1.29, 1.82) is 0 Å². The Hall–Kier alpha value is -1.92. The molecule has 0 aliphatic carbocycles. The third-order valence-corrected chi connectivity index (χ3v) is 3.82. The van der Waals surface area contributed by atoms with Crippen LogP contribution in [-0.4, -0.2) is 35.0 Å². The van der Waals surface area contributed by atoms with Gasteiger partial charge in [-0.05, 0) is 30.5 Å². The number of aliphatic hydroxyl groups is 1. The summed E-state index contributed by atoms with van der Waals surface area (Å²) >= 11 is 0. The van der Waals surface area contributed by atoms with E-state index >= 15 is 0 Å². The number of hydrogen-bond acceptors (Lipinski definition) is 5. The van der Waals surface area contributed by atoms with E-state index in [4.69, 9.17) is 0 Å². The van der Waals surface area contributed by atoms with Gasteiger partial charge in [-0.25, -0.2) is 0 Å². The molecule has 7 heteroatoms. The molecule has 1 aliphatic rings. The highest BCUT2D eigenvalue weighted by atomic mass is 35.5. The molecule has 126 valence electrons. The molecule has 0 saturated carbocycles. The van der Waals surface area contributed by atoms with Crippen LogP contribution in [0.3, 0.4) is 0 Å². The molecule has 0 unspecified atom stereocenters. The van der Waals surface area contributed by atoms with E-state index in [9.17, 15) is 14.8 Å². The third-order valence-electron chi connectivity index (χ3n) is 3.82. The van der Waals surface area contributed by atoms with Crippen LogP contribution in [0, 0.1) is 4.91 Å². The first-order chi connectivity index (χ1) is 10.6. The average molecular weight is 340 g/mol. The largest absolute Gasteiger partial charge is 0.510 e. The van der Waals surface area contributed by atoms with Crippen molar-refractivity contribution >= 4 is 18.3 Å². The summed E-state index contributed by atoms with van der Waals surface area (Å²) in [5, 5.41) is 14.6. The van der Waals surface area contributed by atoms with Crippen LogP contribution in [0.2, 0.25) is 0 Å². The Morgan fingerprint density at radius 2 is 1.91 bits per heavy atom. The number of benzene rings is 1. The number of nitroso groups, excluding NO2 is 1. The van der Waals surface area contributed by atoms with Gasteiger partial charge < -0.3 is 10.4 Å². The van der Waals surface area contributed by atoms with Gasteiger partial charge in [0.15, 0.2) is 0 Å². The van der Waals surface area contributed by atoms with Crippen LogP contribution in [0.4, 0.5) is 0 Å². The van der Waals surface area contributed by atoms with E-state index in [1.807, 2.05) is 18.2 Å². The molecule has 1 aromatic rings. The lowest BCUT2D eigenvalue weighted by Gasteiger charge is -2.32. The Morgan fingerprint density at radius 3 is 2.43 bits per heavy atom. The summed E-state index contributed by atoms with van der Waals surface area (Å²) < 4.78 is 0. The number of piperidine rings is 1. The fraction of sp³-hybridized carbons (Fsp3) is 0.438. The molecule has 1 saturated heterocycles. The molecule has 0 aromatic heterocycles. The number of nitrogens with one attached hydrogen (secondary N) is 1. The number of rotatable bonds is 5. The maximum Gasteiger partial charge on any atom is 0.277 e. The summed E-state index contributed by atoms with van der Waals surface area (Å²) in [5.74, 6) is -0.953. The van der Waals surface area contributed by atoms with Gasteiger partial charge in [0.1, 0.15) is 5.76 Å². The lowest BCUT2D eigenvalue weighted by molar-refractivity contribution is -0.118. The van der Waals surface area contributed by atoms with Gasteiger partial charge in [-0.3, -0.25) is 9.69 Å². The second-order valence-corrected chi connectivity index (χ2v) is 5.53.